The molecule has 0 spiro atoms. The summed E-state index contributed by atoms with van der Waals surface area (Å²) < 4.78 is 6.14. The van der Waals surface area contributed by atoms with E-state index in [-0.39, 0.29) is 11.2 Å². The molecule has 0 atom stereocenters. The van der Waals surface area contributed by atoms with E-state index in [2.05, 4.69) is 37.9 Å². The summed E-state index contributed by atoms with van der Waals surface area (Å²) in [6.45, 7) is 6.55. The standard InChI is InChI=1S/C26H23N3O2/c1-26(2,3)17-9-11-18(12-10-17)27-25-20(14-16-8-13-19(30)15-23(16)31-25)24-28-21-6-4-5-7-22(21)29-24/h4-15,30H,1-3H3,(H,28,29). The SMILES string of the molecule is CC(C)(C)c1ccc(N=c2oc3cc(O)ccc3cc2-c2nc3ccccc3[nH]2)cc1. The van der Waals surface area contributed by atoms with Crippen LogP contribution in [0.15, 0.2) is 82.2 Å². The molecule has 2 heterocycles. The van der Waals surface area contributed by atoms with E-state index < -0.39 is 0 Å². The highest BCUT2D eigenvalue weighted by molar-refractivity contribution is 5.84. The number of rotatable bonds is 2. The lowest BCUT2D eigenvalue weighted by molar-refractivity contribution is 0.472. The second kappa shape index (κ2) is 7.13. The zero-order chi connectivity index (χ0) is 21.6. The first-order valence-electron chi connectivity index (χ1n) is 10.2. The number of phenols is 1. The molecule has 0 amide bonds. The molecule has 2 aromatic heterocycles. The van der Waals surface area contributed by atoms with E-state index in [1.807, 2.05) is 48.5 Å². The Hall–Kier alpha value is -3.86. The van der Waals surface area contributed by atoms with Crippen LogP contribution in [0.2, 0.25) is 0 Å². The van der Waals surface area contributed by atoms with Gasteiger partial charge in [0.05, 0.1) is 22.3 Å². The smallest absolute Gasteiger partial charge is 0.230 e. The fourth-order valence-corrected chi connectivity index (χ4v) is 3.59. The largest absolute Gasteiger partial charge is 0.508 e. The Morgan fingerprint density at radius 2 is 1.71 bits per heavy atom. The Bertz CT molecular complexity index is 1440. The van der Waals surface area contributed by atoms with Crippen molar-refractivity contribution in [1.82, 2.24) is 9.97 Å². The lowest BCUT2D eigenvalue weighted by Crippen LogP contribution is -2.10. The summed E-state index contributed by atoms with van der Waals surface area (Å²) in [4.78, 5) is 12.9. The second-order valence-electron chi connectivity index (χ2n) is 8.70. The lowest BCUT2D eigenvalue weighted by Gasteiger charge is -2.18. The summed E-state index contributed by atoms with van der Waals surface area (Å²) >= 11 is 0. The van der Waals surface area contributed by atoms with Crippen LogP contribution in [0.5, 0.6) is 5.75 Å². The summed E-state index contributed by atoms with van der Waals surface area (Å²) in [5.74, 6) is 0.832. The Morgan fingerprint density at radius 3 is 2.45 bits per heavy atom. The van der Waals surface area contributed by atoms with E-state index in [1.54, 1.807) is 12.1 Å². The van der Waals surface area contributed by atoms with Gasteiger partial charge in [-0.15, -0.1) is 0 Å². The average Bonchev–Trinajstić information content (AvgIpc) is 3.17. The number of fused-ring (bicyclic) bond motifs is 2. The maximum Gasteiger partial charge on any atom is 0.230 e. The van der Waals surface area contributed by atoms with Crippen molar-refractivity contribution in [3.63, 3.8) is 0 Å². The van der Waals surface area contributed by atoms with E-state index in [0.29, 0.717) is 17.0 Å². The molecule has 0 saturated heterocycles. The molecule has 3 aromatic carbocycles. The summed E-state index contributed by atoms with van der Waals surface area (Å²) in [7, 11) is 0. The van der Waals surface area contributed by atoms with Crippen molar-refractivity contribution in [2.24, 2.45) is 4.99 Å². The molecule has 5 rings (SSSR count). The second-order valence-corrected chi connectivity index (χ2v) is 8.70. The normalized spacial score (nSPS) is 12.7. The first kappa shape index (κ1) is 19.1. The molecule has 0 saturated carbocycles. The van der Waals surface area contributed by atoms with Gasteiger partial charge in [-0.3, -0.25) is 0 Å². The molecule has 0 radical (unpaired) electrons. The molecule has 154 valence electrons. The van der Waals surface area contributed by atoms with Gasteiger partial charge < -0.3 is 14.5 Å². The topological polar surface area (TPSA) is 74.4 Å². The van der Waals surface area contributed by atoms with Crippen molar-refractivity contribution in [1.29, 1.82) is 0 Å². The van der Waals surface area contributed by atoms with Gasteiger partial charge in [-0.2, -0.15) is 0 Å². The van der Waals surface area contributed by atoms with Crippen LogP contribution in [-0.2, 0) is 5.41 Å². The van der Waals surface area contributed by atoms with Crippen molar-refractivity contribution < 1.29 is 9.52 Å². The van der Waals surface area contributed by atoms with E-state index in [4.69, 9.17) is 14.4 Å². The molecule has 2 N–H and O–H groups in total. The zero-order valence-electron chi connectivity index (χ0n) is 17.7. The fourth-order valence-electron chi connectivity index (χ4n) is 3.59. The molecular formula is C26H23N3O2. The summed E-state index contributed by atoms with van der Waals surface area (Å²) in [5, 5.41) is 10.7. The van der Waals surface area contributed by atoms with Crippen molar-refractivity contribution in [3.05, 3.63) is 83.9 Å². The molecule has 5 aromatic rings. The van der Waals surface area contributed by atoms with Crippen LogP contribution in [0.25, 0.3) is 33.4 Å². The van der Waals surface area contributed by atoms with Crippen molar-refractivity contribution in [2.45, 2.75) is 26.2 Å². The number of hydrogen-bond donors (Lipinski definition) is 2. The first-order chi connectivity index (χ1) is 14.9. The minimum Gasteiger partial charge on any atom is -0.508 e. The number of nitrogens with zero attached hydrogens (tertiary/aromatic N) is 2. The summed E-state index contributed by atoms with van der Waals surface area (Å²) in [6, 6.07) is 23.1. The third-order valence-corrected chi connectivity index (χ3v) is 5.34. The lowest BCUT2D eigenvalue weighted by atomic mass is 9.87. The monoisotopic (exact) mass is 409 g/mol. The fraction of sp³-hybridized carbons (Fsp3) is 0.154. The van der Waals surface area contributed by atoms with Crippen molar-refractivity contribution >= 4 is 27.7 Å². The predicted octanol–water partition coefficient (Wildman–Crippen LogP) is 6.21. The van der Waals surface area contributed by atoms with Crippen LogP contribution >= 0.6 is 0 Å². The van der Waals surface area contributed by atoms with Crippen molar-refractivity contribution in [3.8, 4) is 17.1 Å². The molecule has 0 fully saturated rings. The first-order valence-corrected chi connectivity index (χ1v) is 10.2. The number of nitrogens with one attached hydrogen (secondary N) is 1. The van der Waals surface area contributed by atoms with Gasteiger partial charge in [-0.25, -0.2) is 9.98 Å². The zero-order valence-corrected chi connectivity index (χ0v) is 17.7. The van der Waals surface area contributed by atoms with Gasteiger partial charge in [0.25, 0.3) is 0 Å². The molecule has 5 nitrogen and oxygen atoms in total. The van der Waals surface area contributed by atoms with Crippen LogP contribution < -0.4 is 5.55 Å². The minimum absolute atomic E-state index is 0.0722. The number of H-pyrrole nitrogens is 1. The van der Waals surface area contributed by atoms with E-state index >= 15 is 0 Å². The van der Waals surface area contributed by atoms with Gasteiger partial charge in [0.1, 0.15) is 17.2 Å². The summed E-state index contributed by atoms with van der Waals surface area (Å²) in [5.41, 5.74) is 5.67. The molecule has 0 aliphatic rings. The van der Waals surface area contributed by atoms with Gasteiger partial charge in [-0.05, 0) is 53.4 Å². The Kier molecular flexibility index (Phi) is 4.40. The molecular weight excluding hydrogens is 386 g/mol. The average molecular weight is 409 g/mol. The van der Waals surface area contributed by atoms with Crippen LogP contribution in [-0.4, -0.2) is 15.1 Å². The quantitative estimate of drug-likeness (QED) is 0.364. The number of hydrogen-bond acceptors (Lipinski definition) is 4. The van der Waals surface area contributed by atoms with E-state index in [9.17, 15) is 5.11 Å². The van der Waals surface area contributed by atoms with Gasteiger partial charge in [0.15, 0.2) is 0 Å². The number of para-hydroxylation sites is 2. The van der Waals surface area contributed by atoms with Gasteiger partial charge in [0, 0.05) is 11.5 Å². The number of benzene rings is 3. The molecule has 0 aliphatic heterocycles. The highest BCUT2D eigenvalue weighted by Gasteiger charge is 2.14. The van der Waals surface area contributed by atoms with Gasteiger partial charge >= 0.3 is 0 Å². The number of aromatic nitrogens is 2. The van der Waals surface area contributed by atoms with Gasteiger partial charge in [-0.1, -0.05) is 45.0 Å². The Labute approximate surface area is 179 Å². The number of imidazole rings is 1. The van der Waals surface area contributed by atoms with Crippen LogP contribution in [0.4, 0.5) is 5.69 Å². The van der Waals surface area contributed by atoms with Crippen molar-refractivity contribution in [2.75, 3.05) is 0 Å². The highest BCUT2D eigenvalue weighted by Crippen LogP contribution is 2.27. The number of aromatic hydroxyl groups is 1. The number of phenolic OH excluding ortho intramolecular Hbond substituents is 1. The molecule has 0 unspecified atom stereocenters. The molecule has 0 aliphatic carbocycles. The maximum absolute atomic E-state index is 9.89. The van der Waals surface area contributed by atoms with E-state index in [1.165, 1.54) is 5.56 Å². The van der Waals surface area contributed by atoms with Gasteiger partial charge in [0.2, 0.25) is 5.55 Å². The van der Waals surface area contributed by atoms with Crippen LogP contribution in [0.3, 0.4) is 0 Å². The Morgan fingerprint density at radius 1 is 0.935 bits per heavy atom. The third kappa shape index (κ3) is 3.70. The third-order valence-electron chi connectivity index (χ3n) is 5.34. The molecule has 31 heavy (non-hydrogen) atoms. The maximum atomic E-state index is 9.89. The summed E-state index contributed by atoms with van der Waals surface area (Å²) in [6.07, 6.45) is 0. The number of aromatic amines is 1. The minimum atomic E-state index is 0.0722. The van der Waals surface area contributed by atoms with Crippen LogP contribution in [0, 0.1) is 0 Å². The Balaban J connectivity index is 1.73. The van der Waals surface area contributed by atoms with E-state index in [0.717, 1.165) is 27.7 Å². The molecule has 5 heteroatoms. The molecule has 0 bridgehead atoms. The highest BCUT2D eigenvalue weighted by atomic mass is 16.3. The van der Waals surface area contributed by atoms with Crippen LogP contribution in [0.1, 0.15) is 26.3 Å². The predicted molar refractivity (Wildman–Crippen MR) is 123 cm³/mol.